The lowest BCUT2D eigenvalue weighted by molar-refractivity contribution is -0.124. The van der Waals surface area contributed by atoms with Crippen LogP contribution in [0.25, 0.3) is 0 Å². The van der Waals surface area contributed by atoms with Crippen LogP contribution in [0.2, 0.25) is 0 Å². The van der Waals surface area contributed by atoms with Crippen molar-refractivity contribution in [1.82, 2.24) is 15.1 Å². The van der Waals surface area contributed by atoms with Crippen molar-refractivity contribution in [3.63, 3.8) is 0 Å². The monoisotopic (exact) mass is 328 g/mol. The van der Waals surface area contributed by atoms with Gasteiger partial charge in [0, 0.05) is 30.8 Å². The highest BCUT2D eigenvalue weighted by molar-refractivity contribution is 5.93. The van der Waals surface area contributed by atoms with Crippen molar-refractivity contribution in [2.45, 2.75) is 40.2 Å². The van der Waals surface area contributed by atoms with Crippen LogP contribution in [0.5, 0.6) is 0 Å². The predicted molar refractivity (Wildman–Crippen MR) is 93.8 cm³/mol. The number of carbonyl (C=O) groups excluding carboxylic acids is 2. The maximum Gasteiger partial charge on any atom is 0.224 e. The minimum Gasteiger partial charge on any atom is -0.356 e. The van der Waals surface area contributed by atoms with E-state index < -0.39 is 0 Å². The zero-order valence-corrected chi connectivity index (χ0v) is 14.4. The van der Waals surface area contributed by atoms with Crippen molar-refractivity contribution in [1.29, 1.82) is 0 Å². The molecule has 1 aromatic heterocycles. The van der Waals surface area contributed by atoms with Crippen molar-refractivity contribution < 1.29 is 9.59 Å². The molecule has 128 valence electrons. The summed E-state index contributed by atoms with van der Waals surface area (Å²) >= 11 is 0. The normalized spacial score (nSPS) is 10.5. The number of nitrogens with one attached hydrogen (secondary N) is 2. The molecule has 0 aliphatic heterocycles. The highest BCUT2D eigenvalue weighted by atomic mass is 16.2. The van der Waals surface area contributed by atoms with Crippen LogP contribution in [0, 0.1) is 13.8 Å². The Labute approximate surface area is 142 Å². The van der Waals surface area contributed by atoms with Gasteiger partial charge in [0.25, 0.3) is 0 Å². The highest BCUT2D eigenvalue weighted by Crippen LogP contribution is 2.14. The number of benzene rings is 1. The number of amides is 2. The number of aromatic nitrogens is 2. The molecule has 0 aliphatic carbocycles. The maximum absolute atomic E-state index is 11.9. The van der Waals surface area contributed by atoms with E-state index in [-0.39, 0.29) is 24.7 Å². The SMILES string of the molecule is CCNC(=O)CCC(=O)Nc1cccc(Cn2nc(C)cc2C)c1. The van der Waals surface area contributed by atoms with Crippen molar-refractivity contribution in [3.8, 4) is 0 Å². The lowest BCUT2D eigenvalue weighted by Gasteiger charge is -2.09. The molecule has 0 spiro atoms. The summed E-state index contributed by atoms with van der Waals surface area (Å²) in [6, 6.07) is 9.71. The summed E-state index contributed by atoms with van der Waals surface area (Å²) in [5.74, 6) is -0.268. The number of hydrogen-bond donors (Lipinski definition) is 2. The van der Waals surface area contributed by atoms with Gasteiger partial charge in [-0.2, -0.15) is 5.10 Å². The molecule has 0 saturated heterocycles. The third-order valence-corrected chi connectivity index (χ3v) is 3.60. The third kappa shape index (κ3) is 5.22. The molecular formula is C18H24N4O2. The van der Waals surface area contributed by atoms with Gasteiger partial charge in [-0.1, -0.05) is 12.1 Å². The summed E-state index contributed by atoms with van der Waals surface area (Å²) in [6.07, 6.45) is 0.374. The van der Waals surface area contributed by atoms with Crippen LogP contribution >= 0.6 is 0 Å². The summed E-state index contributed by atoms with van der Waals surface area (Å²) in [7, 11) is 0. The Morgan fingerprint density at radius 3 is 2.54 bits per heavy atom. The third-order valence-electron chi connectivity index (χ3n) is 3.60. The Bertz CT molecular complexity index is 722. The first-order valence-corrected chi connectivity index (χ1v) is 8.14. The van der Waals surface area contributed by atoms with E-state index in [1.54, 1.807) is 0 Å². The molecule has 1 aromatic carbocycles. The van der Waals surface area contributed by atoms with Crippen molar-refractivity contribution in [2.75, 3.05) is 11.9 Å². The van der Waals surface area contributed by atoms with E-state index in [1.807, 2.05) is 55.8 Å². The average molecular weight is 328 g/mol. The lowest BCUT2D eigenvalue weighted by Crippen LogP contribution is -2.24. The number of anilines is 1. The topological polar surface area (TPSA) is 76.0 Å². The first kappa shape index (κ1) is 17.7. The summed E-state index contributed by atoms with van der Waals surface area (Å²) in [4.78, 5) is 23.3. The minimum absolute atomic E-state index is 0.106. The molecular weight excluding hydrogens is 304 g/mol. The number of nitrogens with zero attached hydrogens (tertiary/aromatic N) is 2. The van der Waals surface area contributed by atoms with Gasteiger partial charge >= 0.3 is 0 Å². The summed E-state index contributed by atoms with van der Waals surface area (Å²) < 4.78 is 1.94. The van der Waals surface area contributed by atoms with Gasteiger partial charge in [-0.15, -0.1) is 0 Å². The van der Waals surface area contributed by atoms with E-state index in [1.165, 1.54) is 0 Å². The summed E-state index contributed by atoms with van der Waals surface area (Å²) in [5, 5.41) is 9.96. The average Bonchev–Trinajstić information content (AvgIpc) is 2.83. The smallest absolute Gasteiger partial charge is 0.224 e. The van der Waals surface area contributed by atoms with Crippen LogP contribution in [-0.4, -0.2) is 28.1 Å². The van der Waals surface area contributed by atoms with Crippen LogP contribution in [0.1, 0.15) is 36.7 Å². The molecule has 24 heavy (non-hydrogen) atoms. The molecule has 2 aromatic rings. The van der Waals surface area contributed by atoms with E-state index in [4.69, 9.17) is 0 Å². The maximum atomic E-state index is 11.9. The molecule has 0 atom stereocenters. The van der Waals surface area contributed by atoms with Gasteiger partial charge in [0.05, 0.1) is 12.2 Å². The van der Waals surface area contributed by atoms with Crippen molar-refractivity contribution >= 4 is 17.5 Å². The molecule has 0 bridgehead atoms. The van der Waals surface area contributed by atoms with Gasteiger partial charge in [0.15, 0.2) is 0 Å². The molecule has 6 heteroatoms. The number of aryl methyl sites for hydroxylation is 2. The predicted octanol–water partition coefficient (Wildman–Crippen LogP) is 2.40. The number of carbonyl (C=O) groups is 2. The van der Waals surface area contributed by atoms with Crippen molar-refractivity contribution in [3.05, 3.63) is 47.3 Å². The molecule has 0 aliphatic rings. The Morgan fingerprint density at radius 2 is 1.88 bits per heavy atom. The molecule has 0 unspecified atom stereocenters. The molecule has 6 nitrogen and oxygen atoms in total. The molecule has 0 saturated carbocycles. The molecule has 0 radical (unpaired) electrons. The quantitative estimate of drug-likeness (QED) is 0.819. The first-order valence-electron chi connectivity index (χ1n) is 8.14. The van der Waals surface area contributed by atoms with Gasteiger partial charge in [-0.3, -0.25) is 14.3 Å². The fraction of sp³-hybridized carbons (Fsp3) is 0.389. The Morgan fingerprint density at radius 1 is 1.12 bits per heavy atom. The van der Waals surface area contributed by atoms with E-state index in [9.17, 15) is 9.59 Å². The second-order valence-electron chi connectivity index (χ2n) is 5.79. The Balaban J connectivity index is 1.93. The zero-order chi connectivity index (χ0) is 17.5. The second kappa shape index (κ2) is 8.29. The minimum atomic E-state index is -0.162. The van der Waals surface area contributed by atoms with Crippen molar-refractivity contribution in [2.24, 2.45) is 0 Å². The summed E-state index contributed by atoms with van der Waals surface area (Å²) in [6.45, 7) is 7.07. The lowest BCUT2D eigenvalue weighted by atomic mass is 10.2. The molecule has 2 amide bonds. The first-order chi connectivity index (χ1) is 11.5. The molecule has 1 heterocycles. The van der Waals surface area contributed by atoms with Gasteiger partial charge in [0.1, 0.15) is 0 Å². The summed E-state index contributed by atoms with van der Waals surface area (Å²) in [5.41, 5.74) is 3.88. The van der Waals surface area contributed by atoms with Crippen LogP contribution in [0.4, 0.5) is 5.69 Å². The van der Waals surface area contributed by atoms with Crippen LogP contribution in [0.15, 0.2) is 30.3 Å². The van der Waals surface area contributed by atoms with E-state index in [2.05, 4.69) is 15.7 Å². The van der Waals surface area contributed by atoms with Gasteiger partial charge in [0.2, 0.25) is 11.8 Å². The van der Waals surface area contributed by atoms with Crippen LogP contribution in [-0.2, 0) is 16.1 Å². The fourth-order valence-electron chi connectivity index (χ4n) is 2.49. The van der Waals surface area contributed by atoms with Gasteiger partial charge in [-0.25, -0.2) is 0 Å². The molecule has 2 N–H and O–H groups in total. The van der Waals surface area contributed by atoms with Crippen LogP contribution in [0.3, 0.4) is 0 Å². The Kier molecular flexibility index (Phi) is 6.12. The van der Waals surface area contributed by atoms with Gasteiger partial charge < -0.3 is 10.6 Å². The fourth-order valence-corrected chi connectivity index (χ4v) is 2.49. The largest absolute Gasteiger partial charge is 0.356 e. The number of hydrogen-bond acceptors (Lipinski definition) is 3. The molecule has 0 fully saturated rings. The van der Waals surface area contributed by atoms with E-state index in [0.717, 1.165) is 22.6 Å². The Hall–Kier alpha value is -2.63. The van der Waals surface area contributed by atoms with E-state index >= 15 is 0 Å². The zero-order valence-electron chi connectivity index (χ0n) is 14.4. The van der Waals surface area contributed by atoms with Gasteiger partial charge in [-0.05, 0) is 44.5 Å². The molecule has 2 rings (SSSR count). The highest BCUT2D eigenvalue weighted by Gasteiger charge is 2.08. The van der Waals surface area contributed by atoms with E-state index in [0.29, 0.717) is 13.1 Å². The number of rotatable bonds is 7. The standard InChI is InChI=1S/C18H24N4O2/c1-4-19-17(23)8-9-18(24)20-16-7-5-6-15(11-16)12-22-14(3)10-13(2)21-22/h5-7,10-11H,4,8-9,12H2,1-3H3,(H,19,23)(H,20,24). The van der Waals surface area contributed by atoms with Crippen LogP contribution < -0.4 is 10.6 Å². The second-order valence-corrected chi connectivity index (χ2v) is 5.79.